The summed E-state index contributed by atoms with van der Waals surface area (Å²) in [5.41, 5.74) is 2.41. The van der Waals surface area contributed by atoms with E-state index < -0.39 is 12.1 Å². The van der Waals surface area contributed by atoms with E-state index in [-0.39, 0.29) is 37.1 Å². The molecule has 0 aliphatic rings. The van der Waals surface area contributed by atoms with Gasteiger partial charge in [-0.2, -0.15) is 5.26 Å². The highest BCUT2D eigenvalue weighted by Crippen LogP contribution is 2.34. The highest BCUT2D eigenvalue weighted by Gasteiger charge is 2.21. The standard InChI is InChI=1S/C30H33NO8/c1-33-13-15-35-21-37-27-18-23(17-26(20-31)30(27)38-22-36-16-14-34-2)19-28(32)39-29(24-9-5-3-6-10-24)25-11-7-4-8-12-25/h3-12,17-18,29H,13-16,19,21-22H2,1-2H3. The van der Waals surface area contributed by atoms with Crippen molar-refractivity contribution < 1.29 is 38.0 Å². The number of nitrogens with zero attached hydrogens (tertiary/aromatic N) is 1. The average molecular weight is 536 g/mol. The lowest BCUT2D eigenvalue weighted by Gasteiger charge is -2.19. The summed E-state index contributed by atoms with van der Waals surface area (Å²) in [5.74, 6) is -0.0310. The number of benzene rings is 3. The normalized spacial score (nSPS) is 10.7. The molecule has 0 bridgehead atoms. The van der Waals surface area contributed by atoms with Crippen LogP contribution in [-0.2, 0) is 34.9 Å². The van der Waals surface area contributed by atoms with Crippen LogP contribution >= 0.6 is 0 Å². The smallest absolute Gasteiger partial charge is 0.311 e. The molecule has 0 aromatic heterocycles. The fourth-order valence-corrected chi connectivity index (χ4v) is 3.63. The van der Waals surface area contributed by atoms with Crippen molar-refractivity contribution in [1.29, 1.82) is 5.26 Å². The van der Waals surface area contributed by atoms with E-state index in [0.29, 0.717) is 32.0 Å². The van der Waals surface area contributed by atoms with Crippen molar-refractivity contribution in [2.45, 2.75) is 12.5 Å². The number of ether oxygens (including phenoxy) is 7. The molecule has 0 aliphatic heterocycles. The summed E-state index contributed by atoms with van der Waals surface area (Å²) >= 11 is 0. The minimum atomic E-state index is -0.577. The van der Waals surface area contributed by atoms with E-state index in [9.17, 15) is 10.1 Å². The SMILES string of the molecule is COCCOCOc1cc(CC(=O)OC(c2ccccc2)c2ccccc2)cc(C#N)c1OCOCCOC. The van der Waals surface area contributed by atoms with Gasteiger partial charge in [-0.05, 0) is 28.8 Å². The molecule has 3 rings (SSSR count). The van der Waals surface area contributed by atoms with E-state index in [0.717, 1.165) is 11.1 Å². The van der Waals surface area contributed by atoms with Crippen LogP contribution in [0.1, 0.15) is 28.4 Å². The number of nitriles is 1. The predicted octanol–water partition coefficient (Wildman–Crippen LogP) is 4.43. The Morgan fingerprint density at radius 3 is 1.90 bits per heavy atom. The number of esters is 1. The number of carbonyl (C=O) groups excluding carboxylic acids is 1. The molecule has 0 aliphatic carbocycles. The molecule has 0 saturated carbocycles. The quantitative estimate of drug-likeness (QED) is 0.141. The molecule has 0 fully saturated rings. The predicted molar refractivity (Wildman–Crippen MR) is 142 cm³/mol. The van der Waals surface area contributed by atoms with Gasteiger partial charge in [0.1, 0.15) is 6.07 Å². The largest absolute Gasteiger partial charge is 0.464 e. The summed E-state index contributed by atoms with van der Waals surface area (Å²) in [4.78, 5) is 13.1. The van der Waals surface area contributed by atoms with Crippen LogP contribution in [0.5, 0.6) is 11.5 Å². The first-order valence-electron chi connectivity index (χ1n) is 12.4. The van der Waals surface area contributed by atoms with Crippen molar-refractivity contribution in [3.05, 3.63) is 95.1 Å². The van der Waals surface area contributed by atoms with E-state index in [2.05, 4.69) is 6.07 Å². The van der Waals surface area contributed by atoms with Gasteiger partial charge in [-0.1, -0.05) is 60.7 Å². The number of hydrogen-bond donors (Lipinski definition) is 0. The zero-order valence-electron chi connectivity index (χ0n) is 22.2. The van der Waals surface area contributed by atoms with Crippen molar-refractivity contribution in [2.75, 3.05) is 54.2 Å². The van der Waals surface area contributed by atoms with Gasteiger partial charge in [0.25, 0.3) is 0 Å². The van der Waals surface area contributed by atoms with Gasteiger partial charge in [0, 0.05) is 14.2 Å². The van der Waals surface area contributed by atoms with Gasteiger partial charge < -0.3 is 33.2 Å². The highest BCUT2D eigenvalue weighted by atomic mass is 16.7. The van der Waals surface area contributed by atoms with E-state index in [1.807, 2.05) is 60.7 Å². The first-order valence-corrected chi connectivity index (χ1v) is 12.4. The van der Waals surface area contributed by atoms with Crippen molar-refractivity contribution in [3.8, 4) is 17.6 Å². The molecule has 0 N–H and O–H groups in total. The molecule has 9 heteroatoms. The summed E-state index contributed by atoms with van der Waals surface area (Å²) < 4.78 is 38.1. The van der Waals surface area contributed by atoms with Gasteiger partial charge in [0.05, 0.1) is 38.4 Å². The molecule has 0 heterocycles. The third-order valence-electron chi connectivity index (χ3n) is 5.49. The maximum absolute atomic E-state index is 13.1. The zero-order valence-corrected chi connectivity index (χ0v) is 22.2. The zero-order chi connectivity index (χ0) is 27.7. The van der Waals surface area contributed by atoms with E-state index in [4.69, 9.17) is 33.2 Å². The molecule has 39 heavy (non-hydrogen) atoms. The van der Waals surface area contributed by atoms with E-state index >= 15 is 0 Å². The van der Waals surface area contributed by atoms with Crippen LogP contribution in [0, 0.1) is 11.3 Å². The van der Waals surface area contributed by atoms with Crippen LogP contribution in [0.15, 0.2) is 72.8 Å². The maximum Gasteiger partial charge on any atom is 0.311 e. The van der Waals surface area contributed by atoms with E-state index in [1.54, 1.807) is 26.4 Å². The van der Waals surface area contributed by atoms with Gasteiger partial charge >= 0.3 is 5.97 Å². The Morgan fingerprint density at radius 1 is 0.795 bits per heavy atom. The second-order valence-corrected chi connectivity index (χ2v) is 8.28. The molecule has 206 valence electrons. The summed E-state index contributed by atoms with van der Waals surface area (Å²) in [6.07, 6.45) is -0.664. The Hall–Kier alpha value is -3.94. The van der Waals surface area contributed by atoms with Crippen LogP contribution in [0.4, 0.5) is 0 Å². The second kappa shape index (κ2) is 16.8. The molecule has 3 aromatic rings. The number of carbonyl (C=O) groups is 1. The maximum atomic E-state index is 13.1. The lowest BCUT2D eigenvalue weighted by atomic mass is 10.0. The van der Waals surface area contributed by atoms with Gasteiger partial charge in [-0.25, -0.2) is 0 Å². The summed E-state index contributed by atoms with van der Waals surface area (Å²) in [5, 5.41) is 9.82. The Labute approximate surface area is 228 Å². The summed E-state index contributed by atoms with van der Waals surface area (Å²) in [6.45, 7) is 1.23. The number of methoxy groups -OCH3 is 2. The molecule has 0 saturated heterocycles. The van der Waals surface area contributed by atoms with Crippen molar-refractivity contribution in [3.63, 3.8) is 0 Å². The first-order chi connectivity index (χ1) is 19.2. The Bertz CT molecular complexity index is 1140. The Kier molecular flexibility index (Phi) is 12.8. The van der Waals surface area contributed by atoms with Gasteiger partial charge in [0.15, 0.2) is 31.2 Å². The lowest BCUT2D eigenvalue weighted by molar-refractivity contribution is -0.146. The third kappa shape index (κ3) is 9.71. The molecule has 0 spiro atoms. The number of rotatable bonds is 17. The summed E-state index contributed by atoms with van der Waals surface area (Å²) in [7, 11) is 3.14. The highest BCUT2D eigenvalue weighted by molar-refractivity contribution is 5.74. The average Bonchev–Trinajstić information content (AvgIpc) is 2.97. The Morgan fingerprint density at radius 2 is 1.36 bits per heavy atom. The van der Waals surface area contributed by atoms with Crippen molar-refractivity contribution >= 4 is 5.97 Å². The van der Waals surface area contributed by atoms with Crippen molar-refractivity contribution in [1.82, 2.24) is 0 Å². The molecular weight excluding hydrogens is 502 g/mol. The molecular formula is C30H33NO8. The lowest BCUT2D eigenvalue weighted by Crippen LogP contribution is -2.15. The van der Waals surface area contributed by atoms with Gasteiger partial charge in [-0.3, -0.25) is 4.79 Å². The van der Waals surface area contributed by atoms with Crippen LogP contribution in [0.25, 0.3) is 0 Å². The van der Waals surface area contributed by atoms with E-state index in [1.165, 1.54) is 0 Å². The number of hydrogen-bond acceptors (Lipinski definition) is 9. The van der Waals surface area contributed by atoms with Gasteiger partial charge in [0.2, 0.25) is 0 Å². The van der Waals surface area contributed by atoms with Crippen LogP contribution < -0.4 is 9.47 Å². The fourth-order valence-electron chi connectivity index (χ4n) is 3.63. The first kappa shape index (κ1) is 29.6. The minimum absolute atomic E-state index is 0.0869. The van der Waals surface area contributed by atoms with Crippen LogP contribution in [-0.4, -0.2) is 60.2 Å². The molecule has 0 unspecified atom stereocenters. The molecule has 9 nitrogen and oxygen atoms in total. The fraction of sp³-hybridized carbons (Fsp3) is 0.333. The molecule has 3 aromatic carbocycles. The monoisotopic (exact) mass is 535 g/mol. The molecule has 0 amide bonds. The minimum Gasteiger partial charge on any atom is -0.464 e. The van der Waals surface area contributed by atoms with Crippen LogP contribution in [0.2, 0.25) is 0 Å². The van der Waals surface area contributed by atoms with Crippen LogP contribution in [0.3, 0.4) is 0 Å². The van der Waals surface area contributed by atoms with Gasteiger partial charge in [-0.15, -0.1) is 0 Å². The molecule has 0 radical (unpaired) electrons. The topological polar surface area (TPSA) is 105 Å². The third-order valence-corrected chi connectivity index (χ3v) is 5.49. The second-order valence-electron chi connectivity index (χ2n) is 8.28. The van der Waals surface area contributed by atoms with Crippen molar-refractivity contribution in [2.24, 2.45) is 0 Å². The Balaban J connectivity index is 1.78. The summed E-state index contributed by atoms with van der Waals surface area (Å²) in [6, 6.07) is 24.4. The molecule has 0 atom stereocenters.